The van der Waals surface area contributed by atoms with Crippen LogP contribution >= 0.6 is 33.9 Å². The Morgan fingerprint density at radius 2 is 2.15 bits per heavy atom. The maximum Gasteiger partial charge on any atom is 0.178 e. The Morgan fingerprint density at radius 1 is 1.31 bits per heavy atom. The van der Waals surface area contributed by atoms with Gasteiger partial charge in [-0.15, -0.1) is 10.2 Å². The van der Waals surface area contributed by atoms with Crippen molar-refractivity contribution in [1.82, 2.24) is 15.2 Å². The fourth-order valence-electron chi connectivity index (χ4n) is 0.897. The van der Waals surface area contributed by atoms with Crippen LogP contribution in [0.15, 0.2) is 18.5 Å². The lowest BCUT2D eigenvalue weighted by atomic mass is 10.3. The van der Waals surface area contributed by atoms with E-state index in [4.69, 9.17) is 5.73 Å². The van der Waals surface area contributed by atoms with E-state index in [0.29, 0.717) is 5.69 Å². The van der Waals surface area contributed by atoms with E-state index in [1.807, 2.05) is 6.07 Å². The Kier molecular flexibility index (Phi) is 2.40. The third kappa shape index (κ3) is 1.94. The molecule has 0 unspecified atom stereocenters. The molecule has 0 saturated heterocycles. The standard InChI is InChI=1S/C7H5IN4S/c8-7-12-11-6(13-7)4-1-5(9)3-10-2-4/h1-3H,9H2. The monoisotopic (exact) mass is 304 g/mol. The van der Waals surface area contributed by atoms with Gasteiger partial charge in [0, 0.05) is 18.0 Å². The molecule has 0 aromatic carbocycles. The van der Waals surface area contributed by atoms with Crippen molar-refractivity contribution in [3.63, 3.8) is 0 Å². The molecular formula is C7H5IN4S. The summed E-state index contributed by atoms with van der Waals surface area (Å²) in [7, 11) is 0. The van der Waals surface area contributed by atoms with Crippen LogP contribution in [0.1, 0.15) is 0 Å². The van der Waals surface area contributed by atoms with Gasteiger partial charge in [-0.05, 0) is 28.7 Å². The van der Waals surface area contributed by atoms with Crippen molar-refractivity contribution < 1.29 is 0 Å². The average Bonchev–Trinajstić information content (AvgIpc) is 2.52. The number of nitrogens with two attached hydrogens (primary N) is 1. The minimum atomic E-state index is 0.641. The molecule has 2 N–H and O–H groups in total. The normalized spacial score (nSPS) is 10.2. The molecule has 6 heteroatoms. The summed E-state index contributed by atoms with van der Waals surface area (Å²) < 4.78 is 0.912. The van der Waals surface area contributed by atoms with Crippen LogP contribution in [0.25, 0.3) is 10.6 Å². The predicted octanol–water partition coefficient (Wildman–Crippen LogP) is 1.79. The van der Waals surface area contributed by atoms with Crippen molar-refractivity contribution in [1.29, 1.82) is 0 Å². The molecule has 2 aromatic rings. The van der Waals surface area contributed by atoms with Crippen LogP contribution in [0.4, 0.5) is 5.69 Å². The van der Waals surface area contributed by atoms with Crippen molar-refractivity contribution >= 4 is 39.6 Å². The summed E-state index contributed by atoms with van der Waals surface area (Å²) in [4.78, 5) is 3.98. The minimum absolute atomic E-state index is 0.641. The highest BCUT2D eigenvalue weighted by Gasteiger charge is 2.04. The molecule has 4 nitrogen and oxygen atoms in total. The molecule has 0 amide bonds. The number of rotatable bonds is 1. The fraction of sp³-hybridized carbons (Fsp3) is 0. The van der Waals surface area contributed by atoms with Gasteiger partial charge in [-0.3, -0.25) is 4.98 Å². The van der Waals surface area contributed by atoms with Crippen molar-refractivity contribution in [3.05, 3.63) is 21.5 Å². The molecule has 0 bridgehead atoms. The highest BCUT2D eigenvalue weighted by molar-refractivity contribution is 14.1. The van der Waals surface area contributed by atoms with Crippen LogP contribution in [-0.2, 0) is 0 Å². The van der Waals surface area contributed by atoms with Gasteiger partial charge < -0.3 is 5.73 Å². The zero-order chi connectivity index (χ0) is 9.26. The number of pyridine rings is 1. The van der Waals surface area contributed by atoms with Crippen molar-refractivity contribution in [2.75, 3.05) is 5.73 Å². The van der Waals surface area contributed by atoms with E-state index in [2.05, 4.69) is 37.8 Å². The molecule has 0 radical (unpaired) electrons. The Bertz CT molecular complexity index is 428. The molecule has 66 valence electrons. The van der Waals surface area contributed by atoms with Gasteiger partial charge in [-0.1, -0.05) is 11.3 Å². The van der Waals surface area contributed by atoms with E-state index in [1.54, 1.807) is 12.4 Å². The molecule has 2 aromatic heterocycles. The molecule has 2 heterocycles. The smallest absolute Gasteiger partial charge is 0.178 e. The summed E-state index contributed by atoms with van der Waals surface area (Å²) in [5, 5.41) is 8.75. The molecule has 0 aliphatic heterocycles. The number of nitrogen functional groups attached to an aromatic ring is 1. The van der Waals surface area contributed by atoms with Gasteiger partial charge in [0.2, 0.25) is 0 Å². The van der Waals surface area contributed by atoms with E-state index >= 15 is 0 Å². The molecule has 0 fully saturated rings. The average molecular weight is 304 g/mol. The lowest BCUT2D eigenvalue weighted by Crippen LogP contribution is -1.87. The maximum absolute atomic E-state index is 5.59. The molecule has 0 atom stereocenters. The summed E-state index contributed by atoms with van der Waals surface area (Å²) in [5.41, 5.74) is 7.15. The topological polar surface area (TPSA) is 64.7 Å². The lowest BCUT2D eigenvalue weighted by molar-refractivity contribution is 1.07. The zero-order valence-corrected chi connectivity index (χ0v) is 9.41. The minimum Gasteiger partial charge on any atom is -0.397 e. The first-order valence-electron chi connectivity index (χ1n) is 3.45. The van der Waals surface area contributed by atoms with Gasteiger partial charge in [0.25, 0.3) is 0 Å². The van der Waals surface area contributed by atoms with Crippen LogP contribution in [0, 0.1) is 3.01 Å². The van der Waals surface area contributed by atoms with Crippen molar-refractivity contribution in [2.24, 2.45) is 0 Å². The first-order valence-corrected chi connectivity index (χ1v) is 5.35. The second kappa shape index (κ2) is 3.54. The van der Waals surface area contributed by atoms with Crippen LogP contribution < -0.4 is 5.73 Å². The Labute approximate surface area is 92.4 Å². The quantitative estimate of drug-likeness (QED) is 0.816. The maximum atomic E-state index is 5.59. The van der Waals surface area contributed by atoms with Gasteiger partial charge in [-0.2, -0.15) is 0 Å². The largest absolute Gasteiger partial charge is 0.397 e. The van der Waals surface area contributed by atoms with Gasteiger partial charge >= 0.3 is 0 Å². The SMILES string of the molecule is Nc1cncc(-c2nnc(I)s2)c1. The number of halogens is 1. The zero-order valence-electron chi connectivity index (χ0n) is 6.44. The number of nitrogens with zero attached hydrogens (tertiary/aromatic N) is 3. The molecule has 2 rings (SSSR count). The Balaban J connectivity index is 2.46. The second-order valence-electron chi connectivity index (χ2n) is 2.37. The van der Waals surface area contributed by atoms with Crippen molar-refractivity contribution in [3.8, 4) is 10.6 Å². The van der Waals surface area contributed by atoms with Crippen LogP contribution in [0.2, 0.25) is 0 Å². The lowest BCUT2D eigenvalue weighted by Gasteiger charge is -1.94. The van der Waals surface area contributed by atoms with Crippen LogP contribution in [-0.4, -0.2) is 15.2 Å². The number of hydrogen-bond donors (Lipinski definition) is 1. The van der Waals surface area contributed by atoms with Gasteiger partial charge in [0.15, 0.2) is 3.01 Å². The summed E-state index contributed by atoms with van der Waals surface area (Å²) in [6.45, 7) is 0. The first-order chi connectivity index (χ1) is 6.25. The first kappa shape index (κ1) is 8.82. The van der Waals surface area contributed by atoms with E-state index in [1.165, 1.54) is 11.3 Å². The molecule has 0 aliphatic carbocycles. The highest BCUT2D eigenvalue weighted by atomic mass is 127. The molecule has 0 aliphatic rings. The fourth-order valence-corrected chi connectivity index (χ4v) is 2.18. The molecule has 13 heavy (non-hydrogen) atoms. The summed E-state index contributed by atoms with van der Waals surface area (Å²) in [5.74, 6) is 0. The summed E-state index contributed by atoms with van der Waals surface area (Å²) in [6, 6.07) is 1.84. The Morgan fingerprint density at radius 3 is 2.77 bits per heavy atom. The van der Waals surface area contributed by atoms with Crippen LogP contribution in [0.5, 0.6) is 0 Å². The Hall–Kier alpha value is -0.760. The molecule has 0 saturated carbocycles. The summed E-state index contributed by atoms with van der Waals surface area (Å²) >= 11 is 3.65. The molecular weight excluding hydrogens is 299 g/mol. The number of hydrogen-bond acceptors (Lipinski definition) is 5. The third-order valence-corrected chi connectivity index (χ3v) is 3.04. The number of aromatic nitrogens is 3. The number of anilines is 1. The van der Waals surface area contributed by atoms with E-state index in [0.717, 1.165) is 13.6 Å². The van der Waals surface area contributed by atoms with E-state index in [9.17, 15) is 0 Å². The predicted molar refractivity (Wildman–Crippen MR) is 60.3 cm³/mol. The summed E-state index contributed by atoms with van der Waals surface area (Å²) in [6.07, 6.45) is 3.34. The highest BCUT2D eigenvalue weighted by Crippen LogP contribution is 2.24. The van der Waals surface area contributed by atoms with Gasteiger partial charge in [0.05, 0.1) is 5.69 Å². The third-order valence-electron chi connectivity index (χ3n) is 1.41. The van der Waals surface area contributed by atoms with Gasteiger partial charge in [-0.25, -0.2) is 0 Å². The van der Waals surface area contributed by atoms with Gasteiger partial charge in [0.1, 0.15) is 5.01 Å². The van der Waals surface area contributed by atoms with Crippen LogP contribution in [0.3, 0.4) is 0 Å². The molecule has 0 spiro atoms. The van der Waals surface area contributed by atoms with E-state index in [-0.39, 0.29) is 0 Å². The van der Waals surface area contributed by atoms with E-state index < -0.39 is 0 Å². The second-order valence-corrected chi connectivity index (χ2v) is 5.10. The van der Waals surface area contributed by atoms with Crippen molar-refractivity contribution in [2.45, 2.75) is 0 Å².